The van der Waals surface area contributed by atoms with Crippen LogP contribution in [0, 0.1) is 6.92 Å². The third-order valence-electron chi connectivity index (χ3n) is 2.86. The maximum Gasteiger partial charge on any atom is 0.207 e. The van der Waals surface area contributed by atoms with Crippen molar-refractivity contribution in [1.29, 1.82) is 0 Å². The fraction of sp³-hybridized carbons (Fsp3) is 0.250. The average Bonchev–Trinajstić information content (AvgIpc) is 3.01. The number of nitrogens with one attached hydrogen (secondary N) is 2. The van der Waals surface area contributed by atoms with Crippen LogP contribution >= 0.6 is 11.3 Å². The van der Waals surface area contributed by atoms with E-state index in [9.17, 15) is 4.79 Å². The highest BCUT2D eigenvalue weighted by Gasteiger charge is 2.11. The summed E-state index contributed by atoms with van der Waals surface area (Å²) in [6.45, 7) is 3.19. The van der Waals surface area contributed by atoms with Gasteiger partial charge in [-0.05, 0) is 18.4 Å². The number of imidazole rings is 1. The van der Waals surface area contributed by atoms with E-state index in [2.05, 4.69) is 25.0 Å². The Balaban J connectivity index is 2.03. The summed E-state index contributed by atoms with van der Waals surface area (Å²) in [5.74, 6) is 0.742. The van der Waals surface area contributed by atoms with E-state index in [0.717, 1.165) is 27.5 Å². The average molecular weight is 275 g/mol. The Morgan fingerprint density at radius 2 is 2.37 bits per heavy atom. The Hall–Kier alpha value is -2.15. The molecule has 6 nitrogen and oxygen atoms in total. The van der Waals surface area contributed by atoms with Gasteiger partial charge in [0.2, 0.25) is 6.41 Å². The molecular formula is C12H13N5OS. The van der Waals surface area contributed by atoms with Crippen LogP contribution in [-0.4, -0.2) is 33.9 Å². The summed E-state index contributed by atoms with van der Waals surface area (Å²) in [7, 11) is 0. The second-order valence-corrected chi connectivity index (χ2v) is 5.02. The highest BCUT2D eigenvalue weighted by atomic mass is 32.1. The number of carbonyl (C=O) groups excluding carboxylic acids is 1. The number of anilines is 1. The molecule has 3 heterocycles. The molecule has 3 rings (SSSR count). The zero-order valence-corrected chi connectivity index (χ0v) is 11.2. The van der Waals surface area contributed by atoms with Crippen molar-refractivity contribution in [2.45, 2.75) is 6.92 Å². The Kier molecular flexibility index (Phi) is 3.04. The fourth-order valence-corrected chi connectivity index (χ4v) is 2.90. The van der Waals surface area contributed by atoms with E-state index in [1.54, 1.807) is 11.3 Å². The summed E-state index contributed by atoms with van der Waals surface area (Å²) in [6.07, 6.45) is 2.53. The van der Waals surface area contributed by atoms with Gasteiger partial charge in [-0.25, -0.2) is 9.97 Å². The van der Waals surface area contributed by atoms with Gasteiger partial charge in [-0.2, -0.15) is 0 Å². The molecule has 0 unspecified atom stereocenters. The first kappa shape index (κ1) is 11.9. The van der Waals surface area contributed by atoms with Crippen molar-refractivity contribution in [3.63, 3.8) is 0 Å². The first-order valence-corrected chi connectivity index (χ1v) is 6.81. The Labute approximate surface area is 113 Å². The molecule has 2 N–H and O–H groups in total. The van der Waals surface area contributed by atoms with Crippen molar-refractivity contribution in [2.75, 3.05) is 18.4 Å². The number of rotatable bonds is 5. The van der Waals surface area contributed by atoms with Crippen LogP contribution in [0.25, 0.3) is 16.0 Å². The Morgan fingerprint density at radius 1 is 1.47 bits per heavy atom. The van der Waals surface area contributed by atoms with Gasteiger partial charge in [-0.1, -0.05) is 0 Å². The van der Waals surface area contributed by atoms with Gasteiger partial charge in [-0.3, -0.25) is 9.20 Å². The van der Waals surface area contributed by atoms with E-state index in [1.807, 2.05) is 24.6 Å². The molecule has 0 fully saturated rings. The molecule has 3 aromatic heterocycles. The lowest BCUT2D eigenvalue weighted by molar-refractivity contribution is -0.109. The minimum atomic E-state index is 0.554. The monoisotopic (exact) mass is 275 g/mol. The third-order valence-corrected chi connectivity index (χ3v) is 3.74. The van der Waals surface area contributed by atoms with Crippen LogP contribution < -0.4 is 10.6 Å². The summed E-state index contributed by atoms with van der Waals surface area (Å²) in [5.41, 5.74) is 2.85. The van der Waals surface area contributed by atoms with Crippen LogP contribution in [0.3, 0.4) is 0 Å². The minimum absolute atomic E-state index is 0.554. The molecule has 1 amide bonds. The van der Waals surface area contributed by atoms with Crippen molar-refractivity contribution < 1.29 is 4.79 Å². The minimum Gasteiger partial charge on any atom is -0.365 e. The first-order valence-electron chi connectivity index (χ1n) is 5.93. The lowest BCUT2D eigenvalue weighted by atomic mass is 10.4. The molecule has 0 saturated heterocycles. The van der Waals surface area contributed by atoms with Crippen molar-refractivity contribution in [2.24, 2.45) is 0 Å². The molecule has 0 aromatic carbocycles. The molecule has 19 heavy (non-hydrogen) atoms. The molecule has 0 aliphatic rings. The second-order valence-electron chi connectivity index (χ2n) is 4.13. The fourth-order valence-electron chi connectivity index (χ4n) is 2.01. The summed E-state index contributed by atoms with van der Waals surface area (Å²) in [5, 5.41) is 7.84. The Bertz CT molecular complexity index is 732. The van der Waals surface area contributed by atoms with Gasteiger partial charge in [0.15, 0.2) is 11.5 Å². The summed E-state index contributed by atoms with van der Waals surface area (Å²) >= 11 is 1.65. The van der Waals surface area contributed by atoms with Crippen LogP contribution in [0.4, 0.5) is 5.82 Å². The molecule has 0 spiro atoms. The second kappa shape index (κ2) is 4.85. The van der Waals surface area contributed by atoms with E-state index in [0.29, 0.717) is 19.5 Å². The van der Waals surface area contributed by atoms with Gasteiger partial charge in [0.05, 0.1) is 0 Å². The van der Waals surface area contributed by atoms with E-state index in [-0.39, 0.29) is 0 Å². The number of hydrogen-bond acceptors (Lipinski definition) is 5. The highest BCUT2D eigenvalue weighted by Crippen LogP contribution is 2.25. The van der Waals surface area contributed by atoms with Gasteiger partial charge in [0.25, 0.3) is 0 Å². The third kappa shape index (κ3) is 2.01. The zero-order valence-electron chi connectivity index (χ0n) is 10.4. The summed E-state index contributed by atoms with van der Waals surface area (Å²) < 4.78 is 2.10. The van der Waals surface area contributed by atoms with Gasteiger partial charge in [0.1, 0.15) is 10.3 Å². The number of fused-ring (bicyclic) bond motifs is 3. The number of hydrogen-bond donors (Lipinski definition) is 2. The van der Waals surface area contributed by atoms with E-state index in [4.69, 9.17) is 0 Å². The SMILES string of the molecule is Cc1cnc2c(NCCNC=O)nc3ccsc3n12. The van der Waals surface area contributed by atoms with Gasteiger partial charge >= 0.3 is 0 Å². The number of thiophene rings is 1. The Morgan fingerprint density at radius 3 is 3.21 bits per heavy atom. The van der Waals surface area contributed by atoms with Crippen LogP contribution in [-0.2, 0) is 4.79 Å². The molecule has 0 radical (unpaired) electrons. The number of amides is 1. The quantitative estimate of drug-likeness (QED) is 0.545. The number of carbonyl (C=O) groups is 1. The topological polar surface area (TPSA) is 71.3 Å². The maximum absolute atomic E-state index is 10.2. The number of aryl methyl sites for hydroxylation is 1. The van der Waals surface area contributed by atoms with Crippen molar-refractivity contribution >= 4 is 39.6 Å². The van der Waals surface area contributed by atoms with Gasteiger partial charge in [0, 0.05) is 25.0 Å². The van der Waals surface area contributed by atoms with Crippen molar-refractivity contribution in [3.8, 4) is 0 Å². The molecule has 0 saturated carbocycles. The molecule has 7 heteroatoms. The molecule has 3 aromatic rings. The van der Waals surface area contributed by atoms with E-state index in [1.165, 1.54) is 0 Å². The molecule has 0 aliphatic carbocycles. The number of aromatic nitrogens is 3. The van der Waals surface area contributed by atoms with Gasteiger partial charge < -0.3 is 10.6 Å². The largest absolute Gasteiger partial charge is 0.365 e. The van der Waals surface area contributed by atoms with E-state index < -0.39 is 0 Å². The van der Waals surface area contributed by atoms with Crippen LogP contribution in [0.15, 0.2) is 17.6 Å². The highest BCUT2D eigenvalue weighted by molar-refractivity contribution is 7.16. The molecule has 0 bridgehead atoms. The molecule has 0 aliphatic heterocycles. The van der Waals surface area contributed by atoms with Crippen LogP contribution in [0.5, 0.6) is 0 Å². The maximum atomic E-state index is 10.2. The van der Waals surface area contributed by atoms with Crippen molar-refractivity contribution in [1.82, 2.24) is 19.7 Å². The van der Waals surface area contributed by atoms with E-state index >= 15 is 0 Å². The first-order chi connectivity index (χ1) is 9.31. The number of nitrogens with zero attached hydrogens (tertiary/aromatic N) is 3. The normalized spacial score (nSPS) is 11.0. The summed E-state index contributed by atoms with van der Waals surface area (Å²) in [6, 6.07) is 1.99. The van der Waals surface area contributed by atoms with Crippen molar-refractivity contribution in [3.05, 3.63) is 23.3 Å². The lowest BCUT2D eigenvalue weighted by Gasteiger charge is -2.08. The predicted octanol–water partition coefficient (Wildman–Crippen LogP) is 1.41. The standard InChI is InChI=1S/C12H13N5OS/c1-8-6-15-11-10(14-4-3-13-7-18)16-9-2-5-19-12(9)17(8)11/h2,5-7H,3-4H2,1H3,(H,13,18)(H,14,16). The summed E-state index contributed by atoms with van der Waals surface area (Å²) in [4.78, 5) is 20.3. The predicted molar refractivity (Wildman–Crippen MR) is 75.7 cm³/mol. The molecular weight excluding hydrogens is 262 g/mol. The lowest BCUT2D eigenvalue weighted by Crippen LogP contribution is -2.21. The smallest absolute Gasteiger partial charge is 0.207 e. The molecule has 0 atom stereocenters. The van der Waals surface area contributed by atoms with Crippen LogP contribution in [0.2, 0.25) is 0 Å². The van der Waals surface area contributed by atoms with Crippen LogP contribution in [0.1, 0.15) is 5.69 Å². The zero-order chi connectivity index (χ0) is 13.2. The van der Waals surface area contributed by atoms with Gasteiger partial charge in [-0.15, -0.1) is 11.3 Å². The molecule has 98 valence electrons.